The molecular weight excluding hydrogens is 214 g/mol. The summed E-state index contributed by atoms with van der Waals surface area (Å²) in [5, 5.41) is 0. The van der Waals surface area contributed by atoms with Gasteiger partial charge in [-0.05, 0) is 46.1 Å². The number of carbonyl (C=O) groups is 1. The van der Waals surface area contributed by atoms with Crippen molar-refractivity contribution in [1.82, 2.24) is 4.90 Å². The maximum atomic E-state index is 11.1. The summed E-state index contributed by atoms with van der Waals surface area (Å²) in [6.45, 7) is 12.6. The van der Waals surface area contributed by atoms with Gasteiger partial charge in [0.05, 0.1) is 5.54 Å². The van der Waals surface area contributed by atoms with Gasteiger partial charge in [0.2, 0.25) is 5.91 Å². The van der Waals surface area contributed by atoms with E-state index in [4.69, 9.17) is 11.5 Å². The van der Waals surface area contributed by atoms with E-state index in [1.807, 2.05) is 0 Å². The van der Waals surface area contributed by atoms with E-state index in [1.165, 1.54) is 0 Å². The molecular formula is C13H29N3O. The van der Waals surface area contributed by atoms with Crippen LogP contribution in [0.1, 0.15) is 47.5 Å². The lowest BCUT2D eigenvalue weighted by Crippen LogP contribution is -2.49. The highest BCUT2D eigenvalue weighted by molar-refractivity contribution is 5.83. The van der Waals surface area contributed by atoms with E-state index in [1.54, 1.807) is 6.92 Å². The lowest BCUT2D eigenvalue weighted by atomic mass is 9.96. The quantitative estimate of drug-likeness (QED) is 0.675. The normalized spacial score (nSPS) is 15.6. The maximum Gasteiger partial charge on any atom is 0.237 e. The molecule has 0 aromatic carbocycles. The summed E-state index contributed by atoms with van der Waals surface area (Å²) in [5.74, 6) is 0.232. The van der Waals surface area contributed by atoms with Crippen molar-refractivity contribution in [2.24, 2.45) is 17.4 Å². The molecule has 0 aromatic rings. The summed E-state index contributed by atoms with van der Waals surface area (Å²) < 4.78 is 0. The molecule has 1 atom stereocenters. The molecule has 0 aromatic heterocycles. The second-order valence-electron chi connectivity index (χ2n) is 5.87. The predicted octanol–water partition coefficient (Wildman–Crippen LogP) is 1.34. The van der Waals surface area contributed by atoms with Crippen LogP contribution in [0.2, 0.25) is 0 Å². The van der Waals surface area contributed by atoms with Gasteiger partial charge in [0.15, 0.2) is 0 Å². The molecule has 0 aliphatic carbocycles. The molecule has 4 heteroatoms. The predicted molar refractivity (Wildman–Crippen MR) is 72.6 cm³/mol. The van der Waals surface area contributed by atoms with Crippen LogP contribution in [0, 0.1) is 5.92 Å². The molecule has 4 N–H and O–H groups in total. The number of primary amides is 1. The Bertz CT molecular complexity index is 237. The number of carbonyl (C=O) groups excluding carboxylic acids is 1. The van der Waals surface area contributed by atoms with Gasteiger partial charge < -0.3 is 16.4 Å². The standard InChI is InChI=1S/C13H29N3O/c1-10(2)9-16(11(3)4)8-6-7-13(5,15)12(14)17/h10-11H,6-9,15H2,1-5H3,(H2,14,17). The van der Waals surface area contributed by atoms with Gasteiger partial charge in [0, 0.05) is 12.6 Å². The fraction of sp³-hybridized carbons (Fsp3) is 0.923. The molecule has 0 saturated carbocycles. The van der Waals surface area contributed by atoms with Crippen LogP contribution in [0.25, 0.3) is 0 Å². The first-order chi connectivity index (χ1) is 7.66. The largest absolute Gasteiger partial charge is 0.368 e. The van der Waals surface area contributed by atoms with E-state index in [0.717, 1.165) is 19.5 Å². The van der Waals surface area contributed by atoms with Gasteiger partial charge in [-0.15, -0.1) is 0 Å². The lowest BCUT2D eigenvalue weighted by Gasteiger charge is -2.29. The Hall–Kier alpha value is -0.610. The highest BCUT2D eigenvalue weighted by Crippen LogP contribution is 2.11. The molecule has 0 saturated heterocycles. The fourth-order valence-corrected chi connectivity index (χ4v) is 1.80. The first kappa shape index (κ1) is 16.4. The van der Waals surface area contributed by atoms with E-state index < -0.39 is 11.4 Å². The Labute approximate surface area is 106 Å². The van der Waals surface area contributed by atoms with Crippen LogP contribution in [0.3, 0.4) is 0 Å². The molecule has 0 spiro atoms. The molecule has 4 nitrogen and oxygen atoms in total. The van der Waals surface area contributed by atoms with Gasteiger partial charge in [0.1, 0.15) is 0 Å². The van der Waals surface area contributed by atoms with Crippen molar-refractivity contribution in [1.29, 1.82) is 0 Å². The average Bonchev–Trinajstić information content (AvgIpc) is 2.14. The van der Waals surface area contributed by atoms with Crippen molar-refractivity contribution >= 4 is 5.91 Å². The van der Waals surface area contributed by atoms with Crippen molar-refractivity contribution in [3.8, 4) is 0 Å². The Kier molecular flexibility index (Phi) is 6.72. The highest BCUT2D eigenvalue weighted by atomic mass is 16.1. The third-order valence-electron chi connectivity index (χ3n) is 3.03. The molecule has 0 radical (unpaired) electrons. The van der Waals surface area contributed by atoms with E-state index in [-0.39, 0.29) is 0 Å². The van der Waals surface area contributed by atoms with Gasteiger partial charge in [0.25, 0.3) is 0 Å². The monoisotopic (exact) mass is 243 g/mol. The lowest BCUT2D eigenvalue weighted by molar-refractivity contribution is -0.122. The number of nitrogens with two attached hydrogens (primary N) is 2. The molecule has 1 amide bonds. The minimum Gasteiger partial charge on any atom is -0.368 e. The van der Waals surface area contributed by atoms with Crippen molar-refractivity contribution in [2.45, 2.75) is 59.0 Å². The Morgan fingerprint density at radius 2 is 1.82 bits per heavy atom. The van der Waals surface area contributed by atoms with Crippen molar-refractivity contribution in [2.75, 3.05) is 13.1 Å². The number of hydrogen-bond acceptors (Lipinski definition) is 3. The zero-order chi connectivity index (χ0) is 13.6. The number of rotatable bonds is 8. The molecule has 102 valence electrons. The Balaban J connectivity index is 4.11. The third-order valence-corrected chi connectivity index (χ3v) is 3.03. The van der Waals surface area contributed by atoms with E-state index in [0.29, 0.717) is 18.4 Å². The summed E-state index contributed by atoms with van der Waals surface area (Å²) in [7, 11) is 0. The smallest absolute Gasteiger partial charge is 0.237 e. The maximum absolute atomic E-state index is 11.1. The number of amides is 1. The molecule has 0 bridgehead atoms. The van der Waals surface area contributed by atoms with Gasteiger partial charge in [-0.1, -0.05) is 13.8 Å². The van der Waals surface area contributed by atoms with E-state index >= 15 is 0 Å². The van der Waals surface area contributed by atoms with Gasteiger partial charge in [-0.25, -0.2) is 0 Å². The van der Waals surface area contributed by atoms with Crippen LogP contribution in [-0.4, -0.2) is 35.5 Å². The molecule has 0 aliphatic rings. The first-order valence-electron chi connectivity index (χ1n) is 6.49. The molecule has 0 rings (SSSR count). The van der Waals surface area contributed by atoms with Crippen molar-refractivity contribution in [3.05, 3.63) is 0 Å². The van der Waals surface area contributed by atoms with Crippen LogP contribution < -0.4 is 11.5 Å². The van der Waals surface area contributed by atoms with Gasteiger partial charge in [-0.3, -0.25) is 4.79 Å². The summed E-state index contributed by atoms with van der Waals surface area (Å²) in [5.41, 5.74) is 10.2. The zero-order valence-corrected chi connectivity index (χ0v) is 12.0. The second kappa shape index (κ2) is 6.97. The molecule has 1 unspecified atom stereocenters. The molecule has 0 heterocycles. The molecule has 0 fully saturated rings. The topological polar surface area (TPSA) is 72.3 Å². The summed E-state index contributed by atoms with van der Waals surface area (Å²) >= 11 is 0. The summed E-state index contributed by atoms with van der Waals surface area (Å²) in [6.07, 6.45) is 1.55. The van der Waals surface area contributed by atoms with Crippen molar-refractivity contribution in [3.63, 3.8) is 0 Å². The minimum atomic E-state index is -0.875. The van der Waals surface area contributed by atoms with Crippen LogP contribution in [0.4, 0.5) is 0 Å². The highest BCUT2D eigenvalue weighted by Gasteiger charge is 2.25. The molecule has 17 heavy (non-hydrogen) atoms. The van der Waals surface area contributed by atoms with Gasteiger partial charge >= 0.3 is 0 Å². The summed E-state index contributed by atoms with van der Waals surface area (Å²) in [4.78, 5) is 13.5. The van der Waals surface area contributed by atoms with E-state index in [2.05, 4.69) is 32.6 Å². The minimum absolute atomic E-state index is 0.419. The second-order valence-corrected chi connectivity index (χ2v) is 5.87. The fourth-order valence-electron chi connectivity index (χ4n) is 1.80. The van der Waals surface area contributed by atoms with Crippen LogP contribution >= 0.6 is 0 Å². The number of hydrogen-bond donors (Lipinski definition) is 2. The van der Waals surface area contributed by atoms with E-state index in [9.17, 15) is 4.79 Å². The van der Waals surface area contributed by atoms with Crippen molar-refractivity contribution < 1.29 is 4.79 Å². The molecule has 0 aliphatic heterocycles. The van der Waals surface area contributed by atoms with Gasteiger partial charge in [-0.2, -0.15) is 0 Å². The Morgan fingerprint density at radius 3 is 2.18 bits per heavy atom. The first-order valence-corrected chi connectivity index (χ1v) is 6.49. The van der Waals surface area contributed by atoms with Crippen LogP contribution in [0.5, 0.6) is 0 Å². The zero-order valence-electron chi connectivity index (χ0n) is 12.0. The summed E-state index contributed by atoms with van der Waals surface area (Å²) in [6, 6.07) is 0.523. The number of nitrogens with zero attached hydrogens (tertiary/aromatic N) is 1. The Morgan fingerprint density at radius 1 is 1.29 bits per heavy atom. The third kappa shape index (κ3) is 6.64. The SMILES string of the molecule is CC(C)CN(CCCC(C)(N)C(N)=O)C(C)C. The van der Waals surface area contributed by atoms with Crippen LogP contribution in [0.15, 0.2) is 0 Å². The van der Waals surface area contributed by atoms with Crippen LogP contribution in [-0.2, 0) is 4.79 Å². The average molecular weight is 243 g/mol.